The van der Waals surface area contributed by atoms with E-state index in [4.69, 9.17) is 0 Å². The van der Waals surface area contributed by atoms with Crippen molar-refractivity contribution in [3.05, 3.63) is 104 Å². The van der Waals surface area contributed by atoms with Crippen molar-refractivity contribution in [2.75, 3.05) is 6.54 Å². The van der Waals surface area contributed by atoms with Gasteiger partial charge in [0.15, 0.2) is 0 Å². The smallest absolute Gasteiger partial charge is 0.335 e. The Bertz CT molecular complexity index is 1620. The van der Waals surface area contributed by atoms with E-state index >= 15 is 0 Å². The van der Waals surface area contributed by atoms with Crippen LogP contribution in [0.4, 0.5) is 0 Å². The Labute approximate surface area is 182 Å². The second-order valence-corrected chi connectivity index (χ2v) is 8.03. The molecule has 1 aliphatic heterocycles. The monoisotopic (exact) mass is 424 g/mol. The van der Waals surface area contributed by atoms with E-state index < -0.39 is 17.3 Å². The van der Waals surface area contributed by atoms with Gasteiger partial charge in [0.1, 0.15) is 5.56 Å². The Hall–Kier alpha value is -4.10. The van der Waals surface area contributed by atoms with Crippen LogP contribution < -0.4 is 16.6 Å². The van der Waals surface area contributed by atoms with E-state index in [-0.39, 0.29) is 11.4 Å². The molecule has 0 spiro atoms. The zero-order valence-electron chi connectivity index (χ0n) is 17.1. The van der Waals surface area contributed by atoms with E-state index in [2.05, 4.69) is 15.3 Å². The molecule has 7 nitrogen and oxygen atoms in total. The molecule has 0 amide bonds. The molecule has 0 aliphatic carbocycles. The van der Waals surface area contributed by atoms with Crippen LogP contribution in [0.25, 0.3) is 27.4 Å². The van der Waals surface area contributed by atoms with E-state index in [9.17, 15) is 14.7 Å². The minimum atomic E-state index is -0.680. The highest BCUT2D eigenvalue weighted by Gasteiger charge is 2.31. The van der Waals surface area contributed by atoms with Gasteiger partial charge in [0.05, 0.1) is 11.7 Å². The third kappa shape index (κ3) is 2.65. The van der Waals surface area contributed by atoms with E-state index in [1.54, 1.807) is 6.07 Å². The lowest BCUT2D eigenvalue weighted by Gasteiger charge is -2.25. The molecule has 0 fully saturated rings. The summed E-state index contributed by atoms with van der Waals surface area (Å²) in [5.74, 6) is -0.362. The molecule has 32 heavy (non-hydrogen) atoms. The first kappa shape index (κ1) is 18.7. The van der Waals surface area contributed by atoms with Gasteiger partial charge >= 0.3 is 5.69 Å². The molecule has 4 N–H and O–H groups in total. The highest BCUT2D eigenvalue weighted by atomic mass is 16.3. The summed E-state index contributed by atoms with van der Waals surface area (Å²) in [7, 11) is 0. The number of para-hydroxylation sites is 1. The van der Waals surface area contributed by atoms with Gasteiger partial charge in [-0.1, -0.05) is 54.6 Å². The van der Waals surface area contributed by atoms with Crippen molar-refractivity contribution in [3.63, 3.8) is 0 Å². The van der Waals surface area contributed by atoms with E-state index in [0.29, 0.717) is 12.2 Å². The summed E-state index contributed by atoms with van der Waals surface area (Å²) < 4.78 is 1.18. The van der Waals surface area contributed by atoms with Crippen molar-refractivity contribution in [3.8, 4) is 11.6 Å². The molecule has 2 aromatic heterocycles. The largest absolute Gasteiger partial charge is 0.494 e. The zero-order valence-corrected chi connectivity index (χ0v) is 17.1. The summed E-state index contributed by atoms with van der Waals surface area (Å²) in [5, 5.41) is 17.5. The van der Waals surface area contributed by atoms with Gasteiger partial charge < -0.3 is 15.4 Å². The fraction of sp³-hybridized carbons (Fsp3) is 0.120. The summed E-state index contributed by atoms with van der Waals surface area (Å²) in [6, 6.07) is 20.5. The number of nitrogens with zero attached hydrogens (tertiary/aromatic N) is 1. The number of benzene rings is 3. The summed E-state index contributed by atoms with van der Waals surface area (Å²) in [6.07, 6.45) is 0.803. The molecule has 1 aliphatic rings. The molecule has 0 radical (unpaired) electrons. The first-order chi connectivity index (χ1) is 15.6. The predicted molar refractivity (Wildman–Crippen MR) is 124 cm³/mol. The molecule has 0 unspecified atom stereocenters. The standard InChI is InChI=1S/C25H20N4O3/c30-23-20(22-21-17(12-13-26-22)16-9-3-4-10-18(16)27-21)24(31)29(25(32)28-23)19-11-5-7-14-6-1-2-8-15(14)19/h1-11,22,26-27,31H,12-13H2,(H,28,30,32)/t22-/m1/s1. The molecule has 0 saturated carbocycles. The Morgan fingerprint density at radius 2 is 1.62 bits per heavy atom. The average Bonchev–Trinajstić information content (AvgIpc) is 3.19. The summed E-state index contributed by atoms with van der Waals surface area (Å²) in [5.41, 5.74) is 2.27. The van der Waals surface area contributed by atoms with Gasteiger partial charge in [-0.3, -0.25) is 9.78 Å². The summed E-state index contributed by atoms with van der Waals surface area (Å²) in [4.78, 5) is 31.6. The molecular formula is C25H20N4O3. The lowest BCUT2D eigenvalue weighted by Crippen LogP contribution is -2.38. The SMILES string of the molecule is O=c1[nH]c(=O)n(-c2cccc3ccccc23)c(O)c1[C@H]1NCCc2c1[nH]c1ccccc21. The Morgan fingerprint density at radius 3 is 2.50 bits per heavy atom. The van der Waals surface area contributed by atoms with Crippen LogP contribution in [0.15, 0.2) is 76.3 Å². The molecule has 158 valence electrons. The third-order valence-corrected chi connectivity index (χ3v) is 6.28. The molecule has 0 saturated heterocycles. The Morgan fingerprint density at radius 1 is 0.875 bits per heavy atom. The van der Waals surface area contributed by atoms with Crippen molar-refractivity contribution in [1.29, 1.82) is 0 Å². The fourth-order valence-electron chi connectivity index (χ4n) is 4.85. The molecule has 3 aromatic carbocycles. The first-order valence-electron chi connectivity index (χ1n) is 10.5. The van der Waals surface area contributed by atoms with Gasteiger partial charge in [0.2, 0.25) is 5.88 Å². The van der Waals surface area contributed by atoms with Crippen LogP contribution >= 0.6 is 0 Å². The van der Waals surface area contributed by atoms with Crippen molar-refractivity contribution < 1.29 is 5.11 Å². The number of rotatable bonds is 2. The van der Waals surface area contributed by atoms with Gasteiger partial charge in [-0.15, -0.1) is 0 Å². The van der Waals surface area contributed by atoms with Crippen LogP contribution in [0.3, 0.4) is 0 Å². The molecule has 6 rings (SSSR count). The number of hydrogen-bond donors (Lipinski definition) is 4. The number of hydrogen-bond acceptors (Lipinski definition) is 4. The molecule has 0 bridgehead atoms. The minimum Gasteiger partial charge on any atom is -0.494 e. The number of nitrogens with one attached hydrogen (secondary N) is 3. The summed E-state index contributed by atoms with van der Waals surface area (Å²) in [6.45, 7) is 0.645. The van der Waals surface area contributed by atoms with Crippen LogP contribution in [0.2, 0.25) is 0 Å². The normalized spacial score (nSPS) is 15.8. The molecule has 7 heteroatoms. The first-order valence-corrected chi connectivity index (χ1v) is 10.5. The van der Waals surface area contributed by atoms with Gasteiger partial charge in [0.25, 0.3) is 5.56 Å². The van der Waals surface area contributed by atoms with Crippen LogP contribution in [0.5, 0.6) is 5.88 Å². The van der Waals surface area contributed by atoms with Gasteiger partial charge in [-0.25, -0.2) is 9.36 Å². The van der Waals surface area contributed by atoms with E-state index in [1.807, 2.05) is 60.7 Å². The predicted octanol–water partition coefficient (Wildman–Crippen LogP) is 3.10. The number of aromatic nitrogens is 3. The highest BCUT2D eigenvalue weighted by molar-refractivity contribution is 5.90. The van der Waals surface area contributed by atoms with E-state index in [0.717, 1.165) is 39.4 Å². The fourth-order valence-corrected chi connectivity index (χ4v) is 4.85. The third-order valence-electron chi connectivity index (χ3n) is 6.28. The molecular weight excluding hydrogens is 404 g/mol. The minimum absolute atomic E-state index is 0.116. The second kappa shape index (κ2) is 6.96. The maximum absolute atomic E-state index is 12.9. The molecule has 5 aromatic rings. The number of aromatic hydroxyl groups is 1. The van der Waals surface area contributed by atoms with Crippen LogP contribution in [0, 0.1) is 0 Å². The van der Waals surface area contributed by atoms with E-state index in [1.165, 1.54) is 4.57 Å². The van der Waals surface area contributed by atoms with Gasteiger partial charge in [0, 0.05) is 28.5 Å². The van der Waals surface area contributed by atoms with Crippen molar-refractivity contribution in [2.45, 2.75) is 12.5 Å². The maximum Gasteiger partial charge on any atom is 0.335 e. The van der Waals surface area contributed by atoms with Crippen molar-refractivity contribution in [1.82, 2.24) is 19.9 Å². The Kier molecular flexibility index (Phi) is 4.06. The maximum atomic E-state index is 12.9. The zero-order chi connectivity index (χ0) is 21.8. The lowest BCUT2D eigenvalue weighted by atomic mass is 9.95. The molecule has 1 atom stereocenters. The van der Waals surface area contributed by atoms with Crippen LogP contribution in [0.1, 0.15) is 22.9 Å². The number of H-pyrrole nitrogens is 2. The Balaban J connectivity index is 1.62. The highest BCUT2D eigenvalue weighted by Crippen LogP contribution is 2.35. The average molecular weight is 424 g/mol. The van der Waals surface area contributed by atoms with Gasteiger partial charge in [-0.2, -0.15) is 0 Å². The lowest BCUT2D eigenvalue weighted by molar-refractivity contribution is 0.410. The number of fused-ring (bicyclic) bond motifs is 4. The quantitative estimate of drug-likeness (QED) is 0.350. The van der Waals surface area contributed by atoms with Crippen LogP contribution in [-0.2, 0) is 6.42 Å². The molecule has 3 heterocycles. The summed E-state index contributed by atoms with van der Waals surface area (Å²) >= 11 is 0. The van der Waals surface area contributed by atoms with Gasteiger partial charge in [-0.05, 0) is 29.5 Å². The van der Waals surface area contributed by atoms with Crippen LogP contribution in [-0.4, -0.2) is 26.2 Å². The topological polar surface area (TPSA) is 103 Å². The number of aromatic amines is 2. The second-order valence-electron chi connectivity index (χ2n) is 8.03. The van der Waals surface area contributed by atoms with Crippen molar-refractivity contribution in [2.24, 2.45) is 0 Å². The van der Waals surface area contributed by atoms with Crippen molar-refractivity contribution >= 4 is 21.7 Å².